The molecule has 2 atom stereocenters. The van der Waals surface area contributed by atoms with Crippen LogP contribution in [-0.2, 0) is 9.59 Å². The first-order chi connectivity index (χ1) is 13.6. The number of nitrogens with one attached hydrogen (secondary N) is 1. The zero-order valence-electron chi connectivity index (χ0n) is 16.3. The predicted molar refractivity (Wildman–Crippen MR) is 108 cm³/mol. The number of unbranched alkanes of at least 4 members (excludes halogenated alkanes) is 1. The van der Waals surface area contributed by atoms with Gasteiger partial charge in [-0.1, -0.05) is 25.5 Å². The number of hydrogen-bond donors (Lipinski definition) is 1. The molecule has 28 heavy (non-hydrogen) atoms. The van der Waals surface area contributed by atoms with Gasteiger partial charge >= 0.3 is 0 Å². The standard InChI is InChI=1S/C20H25N3O4S/c1-4-5-10-23-16(24)12-14(19(25)22-20-21-9-11-28-20)17(23)13-7-6-8-15(26-2)18(13)27-3/h6-9,11,14,17H,4-5,10,12H2,1-3H3,(H,21,22,25)/t14-,17-/m1/s1. The number of thiazole rings is 1. The molecule has 0 aliphatic carbocycles. The highest BCUT2D eigenvalue weighted by Crippen LogP contribution is 2.45. The van der Waals surface area contributed by atoms with Crippen molar-refractivity contribution in [3.05, 3.63) is 35.3 Å². The number of likely N-dealkylation sites (tertiary alicyclic amines) is 1. The number of carbonyl (C=O) groups is 2. The highest BCUT2D eigenvalue weighted by molar-refractivity contribution is 7.13. The number of amides is 2. The minimum atomic E-state index is -0.533. The Morgan fingerprint density at radius 2 is 2.18 bits per heavy atom. The molecule has 0 unspecified atom stereocenters. The van der Waals surface area contributed by atoms with Crippen LogP contribution in [0.15, 0.2) is 29.8 Å². The van der Waals surface area contributed by atoms with Crippen molar-refractivity contribution >= 4 is 28.3 Å². The van der Waals surface area contributed by atoms with E-state index < -0.39 is 12.0 Å². The summed E-state index contributed by atoms with van der Waals surface area (Å²) in [6.07, 6.45) is 3.62. The van der Waals surface area contributed by atoms with Crippen LogP contribution in [0.3, 0.4) is 0 Å². The number of para-hydroxylation sites is 1. The quantitative estimate of drug-likeness (QED) is 0.730. The number of benzene rings is 1. The monoisotopic (exact) mass is 403 g/mol. The number of aromatic nitrogens is 1. The van der Waals surface area contributed by atoms with Crippen LogP contribution in [-0.4, -0.2) is 42.5 Å². The van der Waals surface area contributed by atoms with Crippen LogP contribution in [0.1, 0.15) is 37.8 Å². The molecule has 1 aromatic heterocycles. The fourth-order valence-electron chi connectivity index (χ4n) is 3.63. The molecule has 1 aliphatic rings. The summed E-state index contributed by atoms with van der Waals surface area (Å²) in [5, 5.41) is 5.17. The Kier molecular flexibility index (Phi) is 6.51. The van der Waals surface area contributed by atoms with Gasteiger partial charge in [-0.3, -0.25) is 9.59 Å². The summed E-state index contributed by atoms with van der Waals surface area (Å²) in [5.74, 6) is 0.362. The van der Waals surface area contributed by atoms with Gasteiger partial charge in [0, 0.05) is 30.1 Å². The minimum Gasteiger partial charge on any atom is -0.493 e. The fourth-order valence-corrected chi connectivity index (χ4v) is 4.16. The molecule has 7 nitrogen and oxygen atoms in total. The molecule has 1 aliphatic heterocycles. The van der Waals surface area contributed by atoms with Crippen molar-refractivity contribution in [3.63, 3.8) is 0 Å². The zero-order chi connectivity index (χ0) is 20.1. The number of carbonyl (C=O) groups excluding carboxylic acids is 2. The minimum absolute atomic E-state index is 0.0254. The smallest absolute Gasteiger partial charge is 0.232 e. The molecule has 1 aromatic carbocycles. The molecule has 1 saturated heterocycles. The second-order valence-corrected chi connectivity index (χ2v) is 7.50. The summed E-state index contributed by atoms with van der Waals surface area (Å²) in [6.45, 7) is 2.68. The summed E-state index contributed by atoms with van der Waals surface area (Å²) in [5.41, 5.74) is 0.781. The highest BCUT2D eigenvalue weighted by Gasteiger charge is 2.45. The molecule has 1 fully saturated rings. The van der Waals surface area contributed by atoms with E-state index in [1.807, 2.05) is 12.1 Å². The van der Waals surface area contributed by atoms with Crippen molar-refractivity contribution in [1.82, 2.24) is 9.88 Å². The maximum absolute atomic E-state index is 13.0. The first kappa shape index (κ1) is 20.1. The molecule has 1 N–H and O–H groups in total. The van der Waals surface area contributed by atoms with E-state index in [4.69, 9.17) is 9.47 Å². The summed E-state index contributed by atoms with van der Waals surface area (Å²) in [4.78, 5) is 31.7. The fraction of sp³-hybridized carbons (Fsp3) is 0.450. The Labute approximate surface area is 168 Å². The Morgan fingerprint density at radius 3 is 2.82 bits per heavy atom. The van der Waals surface area contributed by atoms with E-state index in [9.17, 15) is 9.59 Å². The van der Waals surface area contributed by atoms with Crippen molar-refractivity contribution in [2.24, 2.45) is 5.92 Å². The lowest BCUT2D eigenvalue weighted by Gasteiger charge is -2.29. The molecular weight excluding hydrogens is 378 g/mol. The molecule has 0 saturated carbocycles. The van der Waals surface area contributed by atoms with Crippen molar-refractivity contribution in [1.29, 1.82) is 0 Å². The molecule has 2 amide bonds. The highest BCUT2D eigenvalue weighted by atomic mass is 32.1. The third kappa shape index (κ3) is 3.96. The van der Waals surface area contributed by atoms with Crippen molar-refractivity contribution in [3.8, 4) is 11.5 Å². The van der Waals surface area contributed by atoms with E-state index in [0.29, 0.717) is 23.2 Å². The maximum Gasteiger partial charge on any atom is 0.232 e. The third-order valence-corrected chi connectivity index (χ3v) is 5.62. The van der Waals surface area contributed by atoms with Crippen LogP contribution in [0.5, 0.6) is 11.5 Å². The molecule has 2 heterocycles. The van der Waals surface area contributed by atoms with Gasteiger partial charge in [-0.2, -0.15) is 0 Å². The van der Waals surface area contributed by atoms with Crippen molar-refractivity contribution in [2.75, 3.05) is 26.1 Å². The second kappa shape index (κ2) is 9.05. The number of rotatable bonds is 8. The van der Waals surface area contributed by atoms with E-state index in [0.717, 1.165) is 18.4 Å². The Morgan fingerprint density at radius 1 is 1.36 bits per heavy atom. The lowest BCUT2D eigenvalue weighted by atomic mass is 9.91. The van der Waals surface area contributed by atoms with Crippen molar-refractivity contribution in [2.45, 2.75) is 32.2 Å². The van der Waals surface area contributed by atoms with Gasteiger partial charge in [-0.05, 0) is 12.5 Å². The van der Waals surface area contributed by atoms with Crippen LogP contribution >= 0.6 is 11.3 Å². The van der Waals surface area contributed by atoms with Gasteiger partial charge in [-0.15, -0.1) is 11.3 Å². The molecule has 0 bridgehead atoms. The van der Waals surface area contributed by atoms with E-state index >= 15 is 0 Å². The van der Waals surface area contributed by atoms with E-state index in [1.165, 1.54) is 11.3 Å². The van der Waals surface area contributed by atoms with E-state index in [1.54, 1.807) is 36.8 Å². The van der Waals surface area contributed by atoms with Gasteiger partial charge < -0.3 is 19.7 Å². The zero-order valence-corrected chi connectivity index (χ0v) is 17.1. The lowest BCUT2D eigenvalue weighted by molar-refractivity contribution is -0.129. The van der Waals surface area contributed by atoms with Crippen LogP contribution in [0.2, 0.25) is 0 Å². The first-order valence-corrected chi connectivity index (χ1v) is 10.2. The van der Waals surface area contributed by atoms with Gasteiger partial charge in [0.15, 0.2) is 16.6 Å². The van der Waals surface area contributed by atoms with E-state index in [2.05, 4.69) is 17.2 Å². The van der Waals surface area contributed by atoms with Crippen LogP contribution in [0.25, 0.3) is 0 Å². The van der Waals surface area contributed by atoms with Crippen LogP contribution in [0.4, 0.5) is 5.13 Å². The average molecular weight is 404 g/mol. The maximum atomic E-state index is 13.0. The Hall–Kier alpha value is -2.61. The number of nitrogens with zero attached hydrogens (tertiary/aromatic N) is 2. The molecule has 0 radical (unpaired) electrons. The lowest BCUT2D eigenvalue weighted by Crippen LogP contribution is -2.33. The second-order valence-electron chi connectivity index (χ2n) is 6.61. The Balaban J connectivity index is 1.99. The summed E-state index contributed by atoms with van der Waals surface area (Å²) >= 11 is 1.35. The number of ether oxygens (including phenoxy) is 2. The van der Waals surface area contributed by atoms with Gasteiger partial charge in [-0.25, -0.2) is 4.98 Å². The van der Waals surface area contributed by atoms with Gasteiger partial charge in [0.2, 0.25) is 11.8 Å². The molecule has 8 heteroatoms. The Bertz CT molecular complexity index is 825. The number of hydrogen-bond acceptors (Lipinski definition) is 6. The topological polar surface area (TPSA) is 80.8 Å². The molecule has 3 rings (SSSR count). The predicted octanol–water partition coefficient (Wildman–Crippen LogP) is 3.49. The van der Waals surface area contributed by atoms with Crippen LogP contribution < -0.4 is 14.8 Å². The molecule has 2 aromatic rings. The number of anilines is 1. The van der Waals surface area contributed by atoms with Crippen molar-refractivity contribution < 1.29 is 19.1 Å². The van der Waals surface area contributed by atoms with Gasteiger partial charge in [0.1, 0.15) is 0 Å². The largest absolute Gasteiger partial charge is 0.493 e. The molecule has 150 valence electrons. The average Bonchev–Trinajstić information content (AvgIpc) is 3.33. The number of methoxy groups -OCH3 is 2. The molecular formula is C20H25N3O4S. The van der Waals surface area contributed by atoms with E-state index in [-0.39, 0.29) is 18.2 Å². The molecule has 0 spiro atoms. The summed E-state index contributed by atoms with van der Waals surface area (Å²) in [6, 6.07) is 5.14. The summed E-state index contributed by atoms with van der Waals surface area (Å²) in [7, 11) is 3.14. The normalized spacial score (nSPS) is 19.0. The third-order valence-electron chi connectivity index (χ3n) is 4.94. The van der Waals surface area contributed by atoms with Crippen LogP contribution in [0, 0.1) is 5.92 Å². The SMILES string of the molecule is CCCCN1C(=O)C[C@@H](C(=O)Nc2nccs2)[C@H]1c1cccc(OC)c1OC. The van der Waals surface area contributed by atoms with Gasteiger partial charge in [0.25, 0.3) is 0 Å². The van der Waals surface area contributed by atoms with Gasteiger partial charge in [0.05, 0.1) is 26.2 Å². The first-order valence-electron chi connectivity index (χ1n) is 9.31. The summed E-state index contributed by atoms with van der Waals surface area (Å²) < 4.78 is 11.0.